The smallest absolute Gasteiger partial charge is 0.0630 e. The first-order chi connectivity index (χ1) is 16.9. The molecule has 0 N–H and O–H groups in total. The van der Waals surface area contributed by atoms with Crippen LogP contribution in [0.25, 0.3) is 22.3 Å². The van der Waals surface area contributed by atoms with Gasteiger partial charge < -0.3 is 0 Å². The van der Waals surface area contributed by atoms with Gasteiger partial charge in [0.15, 0.2) is 0 Å². The van der Waals surface area contributed by atoms with Gasteiger partial charge in [-0.1, -0.05) is 114 Å². The van der Waals surface area contributed by atoms with Crippen LogP contribution >= 0.6 is 58.0 Å². The van der Waals surface area contributed by atoms with Crippen molar-refractivity contribution in [1.29, 1.82) is 0 Å². The van der Waals surface area contributed by atoms with Crippen LogP contribution in [0.15, 0.2) is 78.9 Å². The van der Waals surface area contributed by atoms with E-state index in [2.05, 4.69) is 61.5 Å². The molecule has 0 aromatic heterocycles. The third-order valence-corrected chi connectivity index (χ3v) is 8.35. The maximum Gasteiger partial charge on any atom is 0.0630 e. The van der Waals surface area contributed by atoms with Crippen molar-refractivity contribution in [1.82, 2.24) is 0 Å². The van der Waals surface area contributed by atoms with Crippen LogP contribution in [0.4, 0.5) is 0 Å². The number of hydrogen-bond acceptors (Lipinski definition) is 0. The van der Waals surface area contributed by atoms with E-state index in [1.165, 1.54) is 5.56 Å². The van der Waals surface area contributed by atoms with E-state index in [-0.39, 0.29) is 5.38 Å². The van der Waals surface area contributed by atoms with Gasteiger partial charge in [0, 0.05) is 0 Å². The highest BCUT2D eigenvalue weighted by atomic mass is 35.5. The summed E-state index contributed by atoms with van der Waals surface area (Å²) in [5.41, 5.74) is 7.85. The Morgan fingerprint density at radius 3 is 2.06 bits per heavy atom. The van der Waals surface area contributed by atoms with Crippen molar-refractivity contribution in [3.05, 3.63) is 116 Å². The molecule has 35 heavy (non-hydrogen) atoms. The van der Waals surface area contributed by atoms with Crippen LogP contribution in [0, 0.1) is 0 Å². The Morgan fingerprint density at radius 2 is 1.34 bits per heavy atom. The molecule has 0 radical (unpaired) electrons. The highest BCUT2D eigenvalue weighted by Crippen LogP contribution is 2.36. The van der Waals surface area contributed by atoms with E-state index in [0.29, 0.717) is 20.1 Å². The first-order valence-electron chi connectivity index (χ1n) is 11.6. The average Bonchev–Trinajstić information content (AvgIpc) is 2.88. The van der Waals surface area contributed by atoms with E-state index < -0.39 is 0 Å². The molecule has 0 heterocycles. The second-order valence-electron chi connectivity index (χ2n) is 8.57. The largest absolute Gasteiger partial charge is 0.118 e. The lowest BCUT2D eigenvalue weighted by molar-refractivity contribution is 0.822. The van der Waals surface area contributed by atoms with Gasteiger partial charge in [-0.05, 0) is 82.8 Å². The summed E-state index contributed by atoms with van der Waals surface area (Å²) in [6.07, 6.45) is 3.57. The van der Waals surface area contributed by atoms with Crippen LogP contribution in [0.2, 0.25) is 20.1 Å². The van der Waals surface area contributed by atoms with Crippen molar-refractivity contribution in [2.24, 2.45) is 0 Å². The zero-order valence-electron chi connectivity index (χ0n) is 19.3. The quantitative estimate of drug-likeness (QED) is 0.187. The standard InChI is InChI=1S/C30H25Cl5/c1-2-26(31)21-11-9-20(10-12-21)24-14-16-28(33)30(35)25(24)8-4-6-19-5-3-7-22(17-19)23-13-15-27(32)29(34)18-23/h3,5,7,9-18,26H,2,4,6,8H2,1H3/t26-/m1/s1. The van der Waals surface area contributed by atoms with Crippen LogP contribution in [0.5, 0.6) is 0 Å². The Hall–Kier alpha value is -1.67. The molecule has 0 unspecified atom stereocenters. The number of aryl methyl sites for hydroxylation is 1. The third-order valence-electron chi connectivity index (χ3n) is 6.21. The van der Waals surface area contributed by atoms with Crippen molar-refractivity contribution in [2.75, 3.05) is 0 Å². The van der Waals surface area contributed by atoms with Crippen molar-refractivity contribution in [3.63, 3.8) is 0 Å². The van der Waals surface area contributed by atoms with Gasteiger partial charge in [0.25, 0.3) is 0 Å². The predicted molar refractivity (Wildman–Crippen MR) is 155 cm³/mol. The molecule has 1 atom stereocenters. The molecule has 0 saturated heterocycles. The number of hydrogen-bond donors (Lipinski definition) is 0. The third kappa shape index (κ3) is 6.37. The van der Waals surface area contributed by atoms with Gasteiger partial charge >= 0.3 is 0 Å². The van der Waals surface area contributed by atoms with Crippen LogP contribution in [0.3, 0.4) is 0 Å². The fraction of sp³-hybridized carbons (Fsp3) is 0.200. The van der Waals surface area contributed by atoms with Gasteiger partial charge in [-0.25, -0.2) is 0 Å². The Labute approximate surface area is 232 Å². The summed E-state index contributed by atoms with van der Waals surface area (Å²) in [6.45, 7) is 2.09. The van der Waals surface area contributed by atoms with Crippen LogP contribution in [-0.2, 0) is 12.8 Å². The second kappa shape index (κ2) is 12.0. The van der Waals surface area contributed by atoms with Crippen molar-refractivity contribution in [2.45, 2.75) is 38.0 Å². The number of halogens is 5. The van der Waals surface area contributed by atoms with Gasteiger partial charge in [0.1, 0.15) is 0 Å². The Kier molecular flexibility index (Phi) is 9.08. The fourth-order valence-electron chi connectivity index (χ4n) is 4.27. The molecule has 0 spiro atoms. The summed E-state index contributed by atoms with van der Waals surface area (Å²) in [7, 11) is 0. The Morgan fingerprint density at radius 1 is 0.657 bits per heavy atom. The topological polar surface area (TPSA) is 0 Å². The molecule has 0 bridgehead atoms. The normalized spacial score (nSPS) is 12.1. The summed E-state index contributed by atoms with van der Waals surface area (Å²) < 4.78 is 0. The van der Waals surface area contributed by atoms with Crippen molar-refractivity contribution < 1.29 is 0 Å². The van der Waals surface area contributed by atoms with E-state index in [1.807, 2.05) is 24.3 Å². The minimum absolute atomic E-state index is 0.0250. The highest BCUT2D eigenvalue weighted by Gasteiger charge is 2.14. The Bertz CT molecular complexity index is 1310. The molecule has 0 nitrogen and oxygen atoms in total. The molecular formula is C30H25Cl5. The van der Waals surface area contributed by atoms with Gasteiger partial charge in [-0.15, -0.1) is 11.6 Å². The molecule has 4 aromatic carbocycles. The number of alkyl halides is 1. The lowest BCUT2D eigenvalue weighted by Gasteiger charge is -2.15. The van der Waals surface area contributed by atoms with E-state index in [9.17, 15) is 0 Å². The molecule has 4 aromatic rings. The van der Waals surface area contributed by atoms with E-state index in [1.54, 1.807) is 0 Å². The first kappa shape index (κ1) is 26.4. The van der Waals surface area contributed by atoms with Gasteiger partial charge in [0.05, 0.1) is 25.5 Å². The molecule has 4 rings (SSSR count). The van der Waals surface area contributed by atoms with E-state index >= 15 is 0 Å². The molecule has 180 valence electrons. The van der Waals surface area contributed by atoms with Crippen molar-refractivity contribution >= 4 is 58.0 Å². The highest BCUT2D eigenvalue weighted by molar-refractivity contribution is 6.43. The lowest BCUT2D eigenvalue weighted by Crippen LogP contribution is -1.96. The monoisotopic (exact) mass is 560 g/mol. The molecule has 0 saturated carbocycles. The molecular weight excluding hydrogens is 538 g/mol. The zero-order valence-corrected chi connectivity index (χ0v) is 23.1. The molecule has 0 aliphatic heterocycles. The molecule has 0 fully saturated rings. The van der Waals surface area contributed by atoms with Crippen molar-refractivity contribution in [3.8, 4) is 22.3 Å². The minimum Gasteiger partial charge on any atom is -0.118 e. The Balaban J connectivity index is 1.52. The maximum absolute atomic E-state index is 6.69. The van der Waals surface area contributed by atoms with Crippen LogP contribution in [0.1, 0.15) is 41.8 Å². The van der Waals surface area contributed by atoms with Crippen LogP contribution < -0.4 is 0 Å². The minimum atomic E-state index is 0.0250. The average molecular weight is 563 g/mol. The summed E-state index contributed by atoms with van der Waals surface area (Å²) in [5, 5.41) is 2.35. The summed E-state index contributed by atoms with van der Waals surface area (Å²) in [6, 6.07) is 26.6. The SMILES string of the molecule is CC[C@@H](Cl)c1ccc(-c2ccc(Cl)c(Cl)c2CCCc2cccc(-c3ccc(Cl)c(Cl)c3)c2)cc1. The van der Waals surface area contributed by atoms with E-state index in [4.69, 9.17) is 58.0 Å². The predicted octanol–water partition coefficient (Wildman–Crippen LogP) is 11.5. The molecule has 0 amide bonds. The fourth-order valence-corrected chi connectivity index (χ4v) is 5.15. The summed E-state index contributed by atoms with van der Waals surface area (Å²) in [5.74, 6) is 0. The van der Waals surface area contributed by atoms with Crippen LogP contribution in [-0.4, -0.2) is 0 Å². The molecule has 0 aliphatic carbocycles. The first-order valence-corrected chi connectivity index (χ1v) is 13.6. The van der Waals surface area contributed by atoms with Gasteiger partial charge in [-0.2, -0.15) is 0 Å². The summed E-state index contributed by atoms with van der Waals surface area (Å²) in [4.78, 5) is 0. The zero-order chi connectivity index (χ0) is 24.9. The van der Waals surface area contributed by atoms with Gasteiger partial charge in [0.2, 0.25) is 0 Å². The number of benzene rings is 4. The van der Waals surface area contributed by atoms with E-state index in [0.717, 1.165) is 59.1 Å². The van der Waals surface area contributed by atoms with Gasteiger partial charge in [-0.3, -0.25) is 0 Å². The lowest BCUT2D eigenvalue weighted by atomic mass is 9.93. The number of rotatable bonds is 8. The molecule has 5 heteroatoms. The maximum atomic E-state index is 6.69. The second-order valence-corrected chi connectivity index (χ2v) is 10.7. The summed E-state index contributed by atoms with van der Waals surface area (Å²) >= 11 is 31.8. The molecule has 0 aliphatic rings.